The third-order valence-corrected chi connectivity index (χ3v) is 5.79. The van der Waals surface area contributed by atoms with Gasteiger partial charge in [-0.2, -0.15) is 0 Å². The van der Waals surface area contributed by atoms with Crippen LogP contribution in [0.2, 0.25) is 0 Å². The van der Waals surface area contributed by atoms with Crippen LogP contribution in [0.4, 0.5) is 4.39 Å². The van der Waals surface area contributed by atoms with Gasteiger partial charge in [0.15, 0.2) is 0 Å². The molecule has 0 aromatic heterocycles. The van der Waals surface area contributed by atoms with E-state index in [2.05, 4.69) is 52.4 Å². The minimum Gasteiger partial charge on any atom is -0.508 e. The normalized spacial score (nSPS) is 19.1. The molecule has 1 aliphatic rings. The number of aliphatic imine (C=N–C) groups is 1. The van der Waals surface area contributed by atoms with E-state index in [0.29, 0.717) is 12.0 Å². The summed E-state index contributed by atoms with van der Waals surface area (Å²) >= 11 is 3.48. The van der Waals surface area contributed by atoms with Crippen molar-refractivity contribution in [1.29, 1.82) is 0 Å². The van der Waals surface area contributed by atoms with Gasteiger partial charge < -0.3 is 5.11 Å². The Morgan fingerprint density at radius 1 is 1.07 bits per heavy atom. The first-order valence-electron chi connectivity index (χ1n) is 9.70. The van der Waals surface area contributed by atoms with Crippen LogP contribution in [0.3, 0.4) is 0 Å². The van der Waals surface area contributed by atoms with Crippen LogP contribution >= 0.6 is 15.9 Å². The summed E-state index contributed by atoms with van der Waals surface area (Å²) in [6.07, 6.45) is 1.04. The summed E-state index contributed by atoms with van der Waals surface area (Å²) in [5.74, 6) is -0.0888. The number of phenolic OH excluding ortho intramolecular Hbond substituents is 1. The van der Waals surface area contributed by atoms with Crippen molar-refractivity contribution >= 4 is 21.6 Å². The summed E-state index contributed by atoms with van der Waals surface area (Å²) < 4.78 is 15.4. The monoisotopic (exact) mass is 452 g/mol. The summed E-state index contributed by atoms with van der Waals surface area (Å²) in [5, 5.41) is 13.9. The number of nitrogens with zero attached hydrogens (tertiary/aromatic N) is 1. The van der Waals surface area contributed by atoms with Crippen LogP contribution in [0.25, 0.3) is 0 Å². The summed E-state index contributed by atoms with van der Waals surface area (Å²) in [5.41, 5.74) is 4.43. The fraction of sp³-hybridized carbons (Fsp3) is 0.208. The molecular formula is C24H22BrFN2O. The summed E-state index contributed by atoms with van der Waals surface area (Å²) in [4.78, 5) is 4.84. The molecule has 1 heterocycles. The van der Waals surface area contributed by atoms with E-state index in [-0.39, 0.29) is 17.6 Å². The van der Waals surface area contributed by atoms with Crippen molar-refractivity contribution in [3.05, 3.63) is 99.3 Å². The van der Waals surface area contributed by atoms with Crippen molar-refractivity contribution in [2.75, 3.05) is 0 Å². The van der Waals surface area contributed by atoms with Gasteiger partial charge in [0, 0.05) is 33.8 Å². The number of hydrogen-bond acceptors (Lipinski definition) is 3. The van der Waals surface area contributed by atoms with E-state index in [4.69, 9.17) is 4.99 Å². The number of nitrogens with one attached hydrogen (secondary N) is 1. The molecule has 29 heavy (non-hydrogen) atoms. The molecule has 0 saturated carbocycles. The van der Waals surface area contributed by atoms with Crippen LogP contribution in [-0.4, -0.2) is 10.8 Å². The second-order valence-corrected chi connectivity index (χ2v) is 8.09. The molecule has 0 saturated heterocycles. The molecule has 3 aromatic rings. The molecule has 0 amide bonds. The number of hydrogen-bond donors (Lipinski definition) is 2. The third kappa shape index (κ3) is 4.26. The van der Waals surface area contributed by atoms with Gasteiger partial charge in [-0.05, 0) is 41.8 Å². The molecule has 0 unspecified atom stereocenters. The van der Waals surface area contributed by atoms with Crippen LogP contribution in [0, 0.1) is 5.82 Å². The maximum Gasteiger partial charge on any atom is 0.129 e. The molecule has 2 atom stereocenters. The topological polar surface area (TPSA) is 44.6 Å². The van der Waals surface area contributed by atoms with E-state index in [0.717, 1.165) is 27.7 Å². The lowest BCUT2D eigenvalue weighted by molar-refractivity contribution is 0.405. The lowest BCUT2D eigenvalue weighted by Crippen LogP contribution is -2.33. The minimum absolute atomic E-state index is 0.199. The largest absolute Gasteiger partial charge is 0.508 e. The predicted octanol–water partition coefficient (Wildman–Crippen LogP) is 6.08. The number of phenols is 1. The standard InChI is InChI=1S/C24H22BrFN2O/c1-2-15-7-9-16(10-8-15)21-14-22(19-13-17(25)11-12-23(19)29)28-24(27-21)18-5-3-4-6-20(18)26/h3-13,22,24,28-29H,2,14H2,1H3/t22-,24+/m0/s1. The Hall–Kier alpha value is -2.50. The predicted molar refractivity (Wildman–Crippen MR) is 118 cm³/mol. The molecule has 1 aliphatic heterocycles. The zero-order valence-electron chi connectivity index (χ0n) is 16.1. The molecule has 0 aliphatic carbocycles. The van der Waals surface area contributed by atoms with Crippen LogP contribution in [0.1, 0.15) is 47.8 Å². The Bertz CT molecular complexity index is 1050. The molecular weight excluding hydrogens is 431 g/mol. The van der Waals surface area contributed by atoms with Gasteiger partial charge >= 0.3 is 0 Å². The Labute approximate surface area is 178 Å². The van der Waals surface area contributed by atoms with Crippen molar-refractivity contribution in [1.82, 2.24) is 5.32 Å². The molecule has 148 valence electrons. The van der Waals surface area contributed by atoms with E-state index >= 15 is 0 Å². The molecule has 3 nitrogen and oxygen atoms in total. The maximum absolute atomic E-state index is 14.5. The number of halogens is 2. The van der Waals surface area contributed by atoms with Crippen LogP contribution in [0.15, 0.2) is 76.2 Å². The Kier molecular flexibility index (Phi) is 5.79. The molecule has 0 bridgehead atoms. The SMILES string of the molecule is CCc1ccc(C2=N[C@@H](c3ccccc3F)N[C@H](c3cc(Br)ccc3O)C2)cc1. The summed E-state index contributed by atoms with van der Waals surface area (Å²) in [6, 6.07) is 20.2. The average Bonchev–Trinajstić information content (AvgIpc) is 2.75. The van der Waals surface area contributed by atoms with Crippen LogP contribution in [0.5, 0.6) is 5.75 Å². The van der Waals surface area contributed by atoms with Crippen molar-refractivity contribution in [2.45, 2.75) is 32.0 Å². The molecule has 0 spiro atoms. The second kappa shape index (κ2) is 8.47. The molecule has 4 rings (SSSR count). The van der Waals surface area contributed by atoms with Gasteiger partial charge in [0.05, 0.1) is 0 Å². The van der Waals surface area contributed by atoms with Crippen molar-refractivity contribution in [2.24, 2.45) is 4.99 Å². The highest BCUT2D eigenvalue weighted by Crippen LogP contribution is 2.36. The first-order valence-corrected chi connectivity index (χ1v) is 10.5. The fourth-order valence-electron chi connectivity index (χ4n) is 3.67. The first-order chi connectivity index (χ1) is 14.0. The number of benzene rings is 3. The highest BCUT2D eigenvalue weighted by Gasteiger charge is 2.29. The van der Waals surface area contributed by atoms with Crippen molar-refractivity contribution in [3.8, 4) is 5.75 Å². The smallest absolute Gasteiger partial charge is 0.129 e. The van der Waals surface area contributed by atoms with Gasteiger partial charge in [-0.1, -0.05) is 65.3 Å². The molecule has 3 aromatic carbocycles. The fourth-order valence-corrected chi connectivity index (χ4v) is 4.05. The van der Waals surface area contributed by atoms with Gasteiger partial charge in [0.1, 0.15) is 17.7 Å². The average molecular weight is 453 g/mol. The minimum atomic E-state index is -0.533. The zero-order chi connectivity index (χ0) is 20.4. The molecule has 2 N–H and O–H groups in total. The molecule has 5 heteroatoms. The summed E-state index contributed by atoms with van der Waals surface area (Å²) in [7, 11) is 0. The maximum atomic E-state index is 14.5. The van der Waals surface area contributed by atoms with Gasteiger partial charge in [0.25, 0.3) is 0 Å². The Morgan fingerprint density at radius 3 is 2.55 bits per heavy atom. The second-order valence-electron chi connectivity index (χ2n) is 7.18. The van der Waals surface area contributed by atoms with Crippen molar-refractivity contribution < 1.29 is 9.50 Å². The lowest BCUT2D eigenvalue weighted by atomic mass is 9.93. The number of aryl methyl sites for hydroxylation is 1. The van der Waals surface area contributed by atoms with Crippen molar-refractivity contribution in [3.63, 3.8) is 0 Å². The van der Waals surface area contributed by atoms with Gasteiger partial charge in [-0.25, -0.2) is 4.39 Å². The summed E-state index contributed by atoms with van der Waals surface area (Å²) in [6.45, 7) is 2.12. The molecule has 0 fully saturated rings. The lowest BCUT2D eigenvalue weighted by Gasteiger charge is -2.31. The molecule has 0 radical (unpaired) electrons. The van der Waals surface area contributed by atoms with Crippen LogP contribution < -0.4 is 5.32 Å². The third-order valence-electron chi connectivity index (χ3n) is 5.30. The number of rotatable bonds is 4. The highest BCUT2D eigenvalue weighted by molar-refractivity contribution is 9.10. The van der Waals surface area contributed by atoms with E-state index in [1.54, 1.807) is 24.3 Å². The quantitative estimate of drug-likeness (QED) is 0.503. The van der Waals surface area contributed by atoms with E-state index in [1.807, 2.05) is 12.1 Å². The Morgan fingerprint density at radius 2 is 1.83 bits per heavy atom. The van der Waals surface area contributed by atoms with E-state index in [9.17, 15) is 9.50 Å². The zero-order valence-corrected chi connectivity index (χ0v) is 17.7. The van der Waals surface area contributed by atoms with Gasteiger partial charge in [-0.15, -0.1) is 0 Å². The van der Waals surface area contributed by atoms with Gasteiger partial charge in [0.2, 0.25) is 0 Å². The number of aromatic hydroxyl groups is 1. The van der Waals surface area contributed by atoms with Gasteiger partial charge in [-0.3, -0.25) is 10.3 Å². The Balaban J connectivity index is 1.77. The highest BCUT2D eigenvalue weighted by atomic mass is 79.9. The van der Waals surface area contributed by atoms with E-state index in [1.165, 1.54) is 11.6 Å². The first kappa shape index (κ1) is 19.8. The van der Waals surface area contributed by atoms with E-state index < -0.39 is 6.17 Å². The van der Waals surface area contributed by atoms with Crippen LogP contribution in [-0.2, 0) is 6.42 Å².